The first-order valence-corrected chi connectivity index (χ1v) is 12.1. The number of ether oxygens (including phenoxy) is 1. The largest absolute Gasteiger partial charge is 0.378 e. The number of benzene rings is 1. The number of nitrogens with one attached hydrogen (secondary N) is 2. The van der Waals surface area contributed by atoms with Crippen molar-refractivity contribution in [3.05, 3.63) is 35.9 Å². The average molecular weight is 539 g/mol. The summed E-state index contributed by atoms with van der Waals surface area (Å²) in [6.07, 6.45) is 10.6. The molecule has 31 heavy (non-hydrogen) atoms. The summed E-state index contributed by atoms with van der Waals surface area (Å²) in [5.74, 6) is 1.00. The van der Waals surface area contributed by atoms with Crippen molar-refractivity contribution in [3.8, 4) is 0 Å². The SMILES string of the molecule is CCOC1CC(NC(=NC)NC2CC3CCC(C2)N3Cc2ccccc2)C12CCC2.I. The molecular weight excluding hydrogens is 499 g/mol. The predicted octanol–water partition coefficient (Wildman–Crippen LogP) is 4.31. The molecule has 6 heteroatoms. The normalized spacial score (nSPS) is 33.9. The van der Waals surface area contributed by atoms with E-state index in [0.29, 0.717) is 35.7 Å². The van der Waals surface area contributed by atoms with E-state index in [-0.39, 0.29) is 24.0 Å². The van der Waals surface area contributed by atoms with E-state index in [1.54, 1.807) is 0 Å². The Morgan fingerprint density at radius 3 is 2.39 bits per heavy atom. The molecule has 4 atom stereocenters. The summed E-state index contributed by atoms with van der Waals surface area (Å²) < 4.78 is 6.02. The highest BCUT2D eigenvalue weighted by atomic mass is 127. The number of halogens is 1. The molecule has 2 saturated heterocycles. The standard InChI is InChI=1S/C25H38N4O.HI/c1-3-30-23-16-22(25(23)12-7-13-25)28-24(26-2)27-19-14-20-10-11-21(15-19)29(20)17-18-8-5-4-6-9-18;/h4-6,8-9,19-23H,3,7,10-17H2,1-2H3,(H2,26,27,28);1H. The fourth-order valence-corrected chi connectivity index (χ4v) is 6.61. The Kier molecular flexibility index (Phi) is 7.48. The number of nitrogens with zero attached hydrogens (tertiary/aromatic N) is 2. The summed E-state index contributed by atoms with van der Waals surface area (Å²) in [5.41, 5.74) is 1.81. The molecule has 1 aromatic rings. The molecule has 0 amide bonds. The van der Waals surface area contributed by atoms with E-state index in [0.717, 1.165) is 25.5 Å². The first-order chi connectivity index (χ1) is 14.7. The first kappa shape index (κ1) is 23.3. The van der Waals surface area contributed by atoms with Crippen LogP contribution in [0.1, 0.15) is 63.9 Å². The number of rotatable bonds is 6. The third-order valence-electron chi connectivity index (χ3n) is 8.41. The van der Waals surface area contributed by atoms with Crippen LogP contribution in [0.3, 0.4) is 0 Å². The topological polar surface area (TPSA) is 48.9 Å². The monoisotopic (exact) mass is 538 g/mol. The van der Waals surface area contributed by atoms with Crippen LogP contribution in [0.2, 0.25) is 0 Å². The van der Waals surface area contributed by atoms with Crippen LogP contribution in [0.15, 0.2) is 35.3 Å². The van der Waals surface area contributed by atoms with E-state index in [2.05, 4.69) is 57.8 Å². The highest BCUT2D eigenvalue weighted by molar-refractivity contribution is 14.0. The number of aliphatic imine (C=N–C) groups is 1. The number of hydrogen-bond donors (Lipinski definition) is 2. The van der Waals surface area contributed by atoms with Crippen LogP contribution in [-0.4, -0.2) is 54.8 Å². The summed E-state index contributed by atoms with van der Waals surface area (Å²) in [4.78, 5) is 7.35. The third kappa shape index (κ3) is 4.49. The van der Waals surface area contributed by atoms with Gasteiger partial charge in [-0.05, 0) is 57.4 Å². The van der Waals surface area contributed by atoms with Gasteiger partial charge in [-0.15, -0.1) is 24.0 Å². The maximum atomic E-state index is 6.02. The van der Waals surface area contributed by atoms with Crippen molar-refractivity contribution in [2.45, 2.75) is 95.1 Å². The van der Waals surface area contributed by atoms with Crippen LogP contribution < -0.4 is 10.6 Å². The second-order valence-electron chi connectivity index (χ2n) is 9.89. The Morgan fingerprint density at radius 1 is 1.10 bits per heavy atom. The molecule has 1 spiro atoms. The molecule has 2 bridgehead atoms. The zero-order valence-corrected chi connectivity index (χ0v) is 21.4. The van der Waals surface area contributed by atoms with Crippen LogP contribution >= 0.6 is 24.0 Å². The fraction of sp³-hybridized carbons (Fsp3) is 0.720. The fourth-order valence-electron chi connectivity index (χ4n) is 6.61. The average Bonchev–Trinajstić information content (AvgIpc) is 2.94. The van der Waals surface area contributed by atoms with Gasteiger partial charge in [-0.25, -0.2) is 0 Å². The number of guanidine groups is 1. The van der Waals surface area contributed by atoms with E-state index in [9.17, 15) is 0 Å². The van der Waals surface area contributed by atoms with Gasteiger partial charge in [0, 0.05) is 49.8 Å². The van der Waals surface area contributed by atoms with Crippen molar-refractivity contribution < 1.29 is 4.74 Å². The van der Waals surface area contributed by atoms with Gasteiger partial charge in [-0.3, -0.25) is 9.89 Å². The van der Waals surface area contributed by atoms with Crippen LogP contribution in [0.4, 0.5) is 0 Å². The molecular formula is C25H39IN4O. The molecule has 4 unspecified atom stereocenters. The maximum absolute atomic E-state index is 6.02. The lowest BCUT2D eigenvalue weighted by Crippen LogP contribution is -2.69. The maximum Gasteiger partial charge on any atom is 0.191 e. The zero-order valence-electron chi connectivity index (χ0n) is 19.1. The third-order valence-corrected chi connectivity index (χ3v) is 8.41. The van der Waals surface area contributed by atoms with Gasteiger partial charge in [-0.1, -0.05) is 36.8 Å². The highest BCUT2D eigenvalue weighted by Crippen LogP contribution is 2.57. The van der Waals surface area contributed by atoms with Crippen molar-refractivity contribution in [1.82, 2.24) is 15.5 Å². The van der Waals surface area contributed by atoms with Gasteiger partial charge in [0.05, 0.1) is 6.10 Å². The lowest BCUT2D eigenvalue weighted by atomic mass is 9.51. The summed E-state index contributed by atoms with van der Waals surface area (Å²) in [7, 11) is 1.92. The molecule has 1 aromatic carbocycles. The minimum Gasteiger partial charge on any atom is -0.378 e. The summed E-state index contributed by atoms with van der Waals surface area (Å²) >= 11 is 0. The summed E-state index contributed by atoms with van der Waals surface area (Å²) in [5, 5.41) is 7.57. The van der Waals surface area contributed by atoms with Crippen molar-refractivity contribution in [2.75, 3.05) is 13.7 Å². The Labute approximate surface area is 204 Å². The van der Waals surface area contributed by atoms with E-state index in [1.165, 1.54) is 50.5 Å². The Balaban J connectivity index is 0.00000231. The van der Waals surface area contributed by atoms with Gasteiger partial charge in [0.2, 0.25) is 0 Å². The second kappa shape index (κ2) is 9.96. The predicted molar refractivity (Wildman–Crippen MR) is 137 cm³/mol. The van der Waals surface area contributed by atoms with Crippen LogP contribution in [0.5, 0.6) is 0 Å². The number of fused-ring (bicyclic) bond motifs is 2. The van der Waals surface area contributed by atoms with Crippen molar-refractivity contribution in [3.63, 3.8) is 0 Å². The molecule has 2 N–H and O–H groups in total. The smallest absolute Gasteiger partial charge is 0.191 e. The van der Waals surface area contributed by atoms with E-state index in [1.807, 2.05) is 7.05 Å². The van der Waals surface area contributed by atoms with Crippen LogP contribution in [0, 0.1) is 5.41 Å². The van der Waals surface area contributed by atoms with E-state index < -0.39 is 0 Å². The van der Waals surface area contributed by atoms with Crippen LogP contribution in [0.25, 0.3) is 0 Å². The van der Waals surface area contributed by atoms with Crippen LogP contribution in [-0.2, 0) is 11.3 Å². The summed E-state index contributed by atoms with van der Waals surface area (Å²) in [6.45, 7) is 4.04. The van der Waals surface area contributed by atoms with Gasteiger partial charge < -0.3 is 15.4 Å². The Bertz CT molecular complexity index is 739. The Morgan fingerprint density at radius 2 is 1.81 bits per heavy atom. The Hall–Kier alpha value is -0.860. The molecule has 4 fully saturated rings. The molecule has 2 aliphatic heterocycles. The number of piperidine rings is 1. The van der Waals surface area contributed by atoms with Crippen molar-refractivity contribution in [1.29, 1.82) is 0 Å². The van der Waals surface area contributed by atoms with Crippen molar-refractivity contribution in [2.24, 2.45) is 10.4 Å². The van der Waals surface area contributed by atoms with E-state index >= 15 is 0 Å². The van der Waals surface area contributed by atoms with Gasteiger partial charge in [-0.2, -0.15) is 0 Å². The lowest BCUT2D eigenvalue weighted by Gasteiger charge is -2.61. The van der Waals surface area contributed by atoms with Gasteiger partial charge in [0.15, 0.2) is 5.96 Å². The molecule has 2 heterocycles. The molecule has 4 aliphatic rings. The zero-order chi connectivity index (χ0) is 20.6. The first-order valence-electron chi connectivity index (χ1n) is 12.1. The minimum absolute atomic E-state index is 0. The molecule has 5 rings (SSSR count). The van der Waals surface area contributed by atoms with Crippen molar-refractivity contribution >= 4 is 29.9 Å². The molecule has 2 aliphatic carbocycles. The molecule has 2 saturated carbocycles. The summed E-state index contributed by atoms with van der Waals surface area (Å²) in [6, 6.07) is 13.4. The van der Waals surface area contributed by atoms with Gasteiger partial charge in [0.25, 0.3) is 0 Å². The highest BCUT2D eigenvalue weighted by Gasteiger charge is 2.59. The molecule has 0 radical (unpaired) electrons. The minimum atomic E-state index is 0. The molecule has 5 nitrogen and oxygen atoms in total. The van der Waals surface area contributed by atoms with Gasteiger partial charge in [0.1, 0.15) is 0 Å². The quantitative estimate of drug-likeness (QED) is 0.322. The van der Waals surface area contributed by atoms with Gasteiger partial charge >= 0.3 is 0 Å². The van der Waals surface area contributed by atoms with E-state index in [4.69, 9.17) is 4.74 Å². The second-order valence-corrected chi connectivity index (χ2v) is 9.89. The number of hydrogen-bond acceptors (Lipinski definition) is 3. The molecule has 172 valence electrons. The molecule has 0 aromatic heterocycles. The lowest BCUT2D eigenvalue weighted by molar-refractivity contribution is -0.168.